The van der Waals surface area contributed by atoms with E-state index in [0.717, 1.165) is 64.2 Å². The maximum atomic E-state index is 13.2. The van der Waals surface area contributed by atoms with E-state index in [4.69, 9.17) is 4.74 Å². The molecule has 3 unspecified atom stereocenters. The molecule has 1 amide bonds. The summed E-state index contributed by atoms with van der Waals surface area (Å²) in [5.74, 6) is -0.472. The van der Waals surface area contributed by atoms with Crippen LogP contribution in [0.25, 0.3) is 0 Å². The Bertz CT molecular complexity index is 909. The van der Waals surface area contributed by atoms with Crippen LogP contribution in [0.3, 0.4) is 0 Å². The van der Waals surface area contributed by atoms with Crippen LogP contribution in [0.15, 0.2) is 12.2 Å². The molecule has 3 N–H and O–H groups in total. The zero-order valence-electron chi connectivity index (χ0n) is 40.6. The first-order chi connectivity index (χ1) is 29.5. The Morgan fingerprint density at radius 3 is 1.22 bits per heavy atom. The number of unbranched alkanes of at least 4 members (excludes halogenated alkanes) is 35. The number of aliphatic hydroxyl groups is 2. The number of esters is 1. The molecule has 0 bridgehead atoms. The van der Waals surface area contributed by atoms with E-state index in [2.05, 4.69) is 38.2 Å². The fourth-order valence-electron chi connectivity index (χ4n) is 8.49. The van der Waals surface area contributed by atoms with Gasteiger partial charge in [0.05, 0.1) is 25.2 Å². The second-order valence-corrected chi connectivity index (χ2v) is 18.6. The largest absolute Gasteiger partial charge is 0.462 e. The normalized spacial score (nSPS) is 13.2. The topological polar surface area (TPSA) is 95.9 Å². The van der Waals surface area contributed by atoms with Gasteiger partial charge in [-0.25, -0.2) is 0 Å². The van der Waals surface area contributed by atoms with Crippen molar-refractivity contribution in [3.8, 4) is 0 Å². The van der Waals surface area contributed by atoms with E-state index in [1.54, 1.807) is 0 Å². The Hall–Kier alpha value is -1.40. The summed E-state index contributed by atoms with van der Waals surface area (Å²) in [7, 11) is 0. The van der Waals surface area contributed by atoms with Crippen LogP contribution in [0.4, 0.5) is 0 Å². The van der Waals surface area contributed by atoms with Crippen molar-refractivity contribution in [3.05, 3.63) is 12.2 Å². The van der Waals surface area contributed by atoms with E-state index in [0.29, 0.717) is 19.3 Å². The summed E-state index contributed by atoms with van der Waals surface area (Å²) in [6.45, 7) is 6.48. The first-order valence-electron chi connectivity index (χ1n) is 26.9. The number of hydrogen-bond acceptors (Lipinski definition) is 5. The average molecular weight is 848 g/mol. The Labute approximate surface area is 374 Å². The fourth-order valence-corrected chi connectivity index (χ4v) is 8.49. The van der Waals surface area contributed by atoms with Gasteiger partial charge in [-0.1, -0.05) is 245 Å². The van der Waals surface area contributed by atoms with Gasteiger partial charge >= 0.3 is 5.97 Å². The molecule has 0 fully saturated rings. The number of aliphatic hydroxyl groups excluding tert-OH is 2. The zero-order valence-corrected chi connectivity index (χ0v) is 40.6. The van der Waals surface area contributed by atoms with Gasteiger partial charge in [-0.15, -0.1) is 0 Å². The molecule has 0 aromatic heterocycles. The maximum absolute atomic E-state index is 13.2. The van der Waals surface area contributed by atoms with Crippen molar-refractivity contribution >= 4 is 11.9 Å². The van der Waals surface area contributed by atoms with Gasteiger partial charge in [-0.2, -0.15) is 0 Å². The molecule has 0 aromatic rings. The van der Waals surface area contributed by atoms with Gasteiger partial charge in [0, 0.05) is 6.42 Å². The molecule has 0 radical (unpaired) electrons. The Balaban J connectivity index is 4.42. The van der Waals surface area contributed by atoms with Crippen LogP contribution in [0.5, 0.6) is 0 Å². The molecule has 3 atom stereocenters. The van der Waals surface area contributed by atoms with Crippen LogP contribution in [0, 0.1) is 0 Å². The van der Waals surface area contributed by atoms with Crippen LogP contribution < -0.4 is 5.32 Å². The maximum Gasteiger partial charge on any atom is 0.306 e. The van der Waals surface area contributed by atoms with Gasteiger partial charge < -0.3 is 20.3 Å². The van der Waals surface area contributed by atoms with Gasteiger partial charge in [0.1, 0.15) is 6.10 Å². The summed E-state index contributed by atoms with van der Waals surface area (Å²) in [5.41, 5.74) is 0. The molecule has 60 heavy (non-hydrogen) atoms. The molecule has 0 aliphatic heterocycles. The fraction of sp³-hybridized carbons (Fsp3) is 0.926. The molecule has 0 saturated carbocycles. The summed E-state index contributed by atoms with van der Waals surface area (Å²) >= 11 is 0. The first-order valence-corrected chi connectivity index (χ1v) is 26.9. The molecule has 0 aliphatic carbocycles. The molecule has 0 rings (SSSR count). The number of allylic oxidation sites excluding steroid dienone is 2. The van der Waals surface area contributed by atoms with Crippen LogP contribution in [-0.2, 0) is 14.3 Å². The highest BCUT2D eigenvalue weighted by Crippen LogP contribution is 2.18. The van der Waals surface area contributed by atoms with Crippen molar-refractivity contribution in [1.29, 1.82) is 0 Å². The number of ether oxygens (including phenoxy) is 1. The molecule has 0 heterocycles. The van der Waals surface area contributed by atoms with Crippen molar-refractivity contribution in [2.75, 3.05) is 6.61 Å². The number of amides is 1. The molecular weight excluding hydrogens is 743 g/mol. The minimum Gasteiger partial charge on any atom is -0.462 e. The van der Waals surface area contributed by atoms with E-state index in [9.17, 15) is 19.8 Å². The summed E-state index contributed by atoms with van der Waals surface area (Å²) in [6, 6.07) is -0.699. The molecule has 0 aliphatic rings. The lowest BCUT2D eigenvalue weighted by atomic mass is 10.0. The highest BCUT2D eigenvalue weighted by Gasteiger charge is 2.24. The summed E-state index contributed by atoms with van der Waals surface area (Å²) in [5, 5.41) is 23.8. The number of rotatable bonds is 49. The highest BCUT2D eigenvalue weighted by molar-refractivity contribution is 5.77. The van der Waals surface area contributed by atoms with Crippen LogP contribution >= 0.6 is 0 Å². The van der Waals surface area contributed by atoms with Crippen molar-refractivity contribution < 1.29 is 24.5 Å². The van der Waals surface area contributed by atoms with E-state index in [1.165, 1.54) is 186 Å². The third kappa shape index (κ3) is 43.3. The monoisotopic (exact) mass is 848 g/mol. The third-order valence-corrected chi connectivity index (χ3v) is 12.6. The lowest BCUT2D eigenvalue weighted by molar-refractivity contribution is -0.151. The van der Waals surface area contributed by atoms with Crippen molar-refractivity contribution in [1.82, 2.24) is 5.32 Å². The highest BCUT2D eigenvalue weighted by atomic mass is 16.5. The minimum absolute atomic E-state index is 0.0736. The van der Waals surface area contributed by atoms with Gasteiger partial charge in [0.2, 0.25) is 5.91 Å². The summed E-state index contributed by atoms with van der Waals surface area (Å²) < 4.78 is 5.93. The predicted molar refractivity (Wildman–Crippen MR) is 260 cm³/mol. The van der Waals surface area contributed by atoms with E-state index < -0.39 is 18.2 Å². The van der Waals surface area contributed by atoms with E-state index in [1.807, 2.05) is 0 Å². The Morgan fingerprint density at radius 2 is 0.800 bits per heavy atom. The number of carbonyl (C=O) groups is 2. The summed E-state index contributed by atoms with van der Waals surface area (Å²) in [6.07, 6.45) is 54.2. The molecular formula is C54H105NO5. The standard InChI is InChI=1S/C54H105NO5/c1-4-7-10-13-16-19-22-24-25-26-27-28-30-32-35-38-41-44-47-54(59)60-50(45-42-39-36-33-21-18-15-12-9-6-3)48-53(58)55-51(49-56)52(57)46-43-40-37-34-31-29-23-20-17-14-11-8-5-2/h18,21,50-52,56-57H,4-17,19-20,22-49H2,1-3H3,(H,55,58)/b21-18-. The van der Waals surface area contributed by atoms with Crippen molar-refractivity contribution in [2.45, 2.75) is 315 Å². The zero-order chi connectivity index (χ0) is 43.8. The van der Waals surface area contributed by atoms with E-state index in [-0.39, 0.29) is 24.9 Å². The lowest BCUT2D eigenvalue weighted by Gasteiger charge is -2.24. The van der Waals surface area contributed by atoms with Crippen molar-refractivity contribution in [2.24, 2.45) is 0 Å². The van der Waals surface area contributed by atoms with Gasteiger partial charge in [-0.3, -0.25) is 9.59 Å². The predicted octanol–water partition coefficient (Wildman–Crippen LogP) is 16.1. The van der Waals surface area contributed by atoms with Gasteiger partial charge in [0.15, 0.2) is 0 Å². The Kier molecular flexibility index (Phi) is 47.5. The van der Waals surface area contributed by atoms with Crippen LogP contribution in [0.2, 0.25) is 0 Å². The molecule has 0 saturated heterocycles. The van der Waals surface area contributed by atoms with Crippen LogP contribution in [0.1, 0.15) is 297 Å². The lowest BCUT2D eigenvalue weighted by Crippen LogP contribution is -2.46. The molecule has 0 aromatic carbocycles. The second-order valence-electron chi connectivity index (χ2n) is 18.6. The third-order valence-electron chi connectivity index (χ3n) is 12.6. The smallest absolute Gasteiger partial charge is 0.306 e. The number of nitrogens with one attached hydrogen (secondary N) is 1. The van der Waals surface area contributed by atoms with E-state index >= 15 is 0 Å². The van der Waals surface area contributed by atoms with Crippen molar-refractivity contribution in [3.63, 3.8) is 0 Å². The first kappa shape index (κ1) is 58.6. The Morgan fingerprint density at radius 1 is 0.467 bits per heavy atom. The molecule has 6 heteroatoms. The summed E-state index contributed by atoms with van der Waals surface area (Å²) in [4.78, 5) is 26.1. The van der Waals surface area contributed by atoms with Gasteiger partial charge in [-0.05, 0) is 51.4 Å². The van der Waals surface area contributed by atoms with Crippen LogP contribution in [-0.4, -0.2) is 46.9 Å². The molecule has 0 spiro atoms. The second kappa shape index (κ2) is 48.6. The van der Waals surface area contributed by atoms with Gasteiger partial charge in [0.25, 0.3) is 0 Å². The molecule has 356 valence electrons. The number of hydrogen-bond donors (Lipinski definition) is 3. The average Bonchev–Trinajstić information content (AvgIpc) is 3.24. The molecule has 6 nitrogen and oxygen atoms in total. The minimum atomic E-state index is -0.785. The SMILES string of the molecule is CCCCC/C=C\CCCCCC(CC(=O)NC(CO)C(O)CCCCCCCCCCCCCCC)OC(=O)CCCCCCCCCCCCCCCCCCCC. The quantitative estimate of drug-likeness (QED) is 0.0322. The number of carbonyl (C=O) groups excluding carboxylic acids is 2.